The molecule has 6 rings (SSSR count). The summed E-state index contributed by atoms with van der Waals surface area (Å²) < 4.78 is 18.6. The van der Waals surface area contributed by atoms with E-state index >= 15 is 0 Å². The zero-order chi connectivity index (χ0) is 41.0. The van der Waals surface area contributed by atoms with E-state index in [-0.39, 0.29) is 61.2 Å². The number of aliphatic imine (C=N–C) groups is 1. The van der Waals surface area contributed by atoms with Crippen molar-refractivity contribution in [3.05, 3.63) is 81.9 Å². The number of ether oxygens (including phenoxy) is 3. The molecule has 7 N–H and O–H groups in total. The van der Waals surface area contributed by atoms with Crippen molar-refractivity contribution in [3.8, 4) is 34.8 Å². The van der Waals surface area contributed by atoms with Crippen LogP contribution in [-0.2, 0) is 36.9 Å². The number of aromatic hydroxyl groups is 1. The largest absolute Gasteiger partial charge is 0.504 e. The van der Waals surface area contributed by atoms with E-state index in [0.29, 0.717) is 61.2 Å². The highest BCUT2D eigenvalue weighted by Gasteiger charge is 2.38. The lowest BCUT2D eigenvalue weighted by molar-refractivity contribution is -0.121. The monoisotopic (exact) mass is 830 g/mol. The molecule has 0 aromatic heterocycles. The van der Waals surface area contributed by atoms with Crippen LogP contribution in [0.3, 0.4) is 0 Å². The van der Waals surface area contributed by atoms with E-state index in [1.165, 1.54) is 12.7 Å². The number of hydrogen-bond donors (Lipinski definition) is 6. The van der Waals surface area contributed by atoms with Gasteiger partial charge in [-0.15, -0.1) is 0 Å². The first kappa shape index (κ1) is 43.5. The van der Waals surface area contributed by atoms with Crippen molar-refractivity contribution in [3.63, 3.8) is 0 Å². The number of nitrogens with two attached hydrogens (primary N) is 1. The number of aliphatic hydroxyl groups is 2. The topological polar surface area (TPSA) is 168 Å². The van der Waals surface area contributed by atoms with Crippen LogP contribution in [0.15, 0.2) is 53.5 Å². The third-order valence-corrected chi connectivity index (χ3v) is 13.7. The van der Waals surface area contributed by atoms with Gasteiger partial charge in [-0.3, -0.25) is 15.1 Å². The van der Waals surface area contributed by atoms with E-state index in [0.717, 1.165) is 53.1 Å². The molecule has 0 fully saturated rings. The summed E-state index contributed by atoms with van der Waals surface area (Å²) in [5.41, 5.74) is 11.6. The normalized spacial score (nSPS) is 23.0. The summed E-state index contributed by atoms with van der Waals surface area (Å²) in [6, 6.07) is 16.0. The van der Waals surface area contributed by atoms with Crippen molar-refractivity contribution in [2.75, 3.05) is 38.4 Å². The van der Waals surface area contributed by atoms with Gasteiger partial charge in [-0.05, 0) is 79.7 Å². The number of phenols is 1. The van der Waals surface area contributed by atoms with Gasteiger partial charge in [0.2, 0.25) is 6.29 Å². The number of methoxy groups -OCH3 is 1. The first-order valence-electron chi connectivity index (χ1n) is 20.4. The SMILES string of the molecule is COc1c(O)ccc2c1C#CCc1cc(c3c(c1OCNCCCc1ccccc1)O[C@@H](O)[C@H]([C@@H]1CN=C(N)N[C@@H](C(C)C)CSSC1)C3)CC[C@@H](O)CC(=O)CC2. The zero-order valence-corrected chi connectivity index (χ0v) is 35.4. The number of fused-ring (bicyclic) bond motifs is 5. The second-order valence-electron chi connectivity index (χ2n) is 15.7. The maximum absolute atomic E-state index is 13.1. The molecule has 58 heavy (non-hydrogen) atoms. The van der Waals surface area contributed by atoms with Gasteiger partial charge >= 0.3 is 0 Å². The molecule has 3 aromatic rings. The molecule has 0 radical (unpaired) electrons. The van der Waals surface area contributed by atoms with Gasteiger partial charge in [-0.2, -0.15) is 0 Å². The van der Waals surface area contributed by atoms with Crippen molar-refractivity contribution in [2.24, 2.45) is 28.5 Å². The Morgan fingerprint density at radius 1 is 1.03 bits per heavy atom. The van der Waals surface area contributed by atoms with Crippen LogP contribution in [0.1, 0.15) is 72.9 Å². The quantitative estimate of drug-likeness (QED) is 0.0653. The fourth-order valence-electron chi connectivity index (χ4n) is 7.73. The van der Waals surface area contributed by atoms with Gasteiger partial charge in [0.1, 0.15) is 12.5 Å². The fourth-order valence-corrected chi connectivity index (χ4v) is 10.6. The van der Waals surface area contributed by atoms with Gasteiger partial charge in [-0.1, -0.05) is 89.7 Å². The molecule has 0 unspecified atom stereocenters. The molecule has 2 aliphatic heterocycles. The van der Waals surface area contributed by atoms with Crippen molar-refractivity contribution in [2.45, 2.75) is 90.1 Å². The van der Waals surface area contributed by atoms with Crippen LogP contribution in [0.4, 0.5) is 0 Å². The average Bonchev–Trinajstić information content (AvgIpc) is 3.21. The van der Waals surface area contributed by atoms with E-state index in [4.69, 9.17) is 24.9 Å². The maximum Gasteiger partial charge on any atom is 0.201 e. The Bertz CT molecular complexity index is 1950. The van der Waals surface area contributed by atoms with E-state index in [2.05, 4.69) is 54.5 Å². The first-order valence-corrected chi connectivity index (χ1v) is 22.9. The number of aliphatic hydroxyl groups excluding tert-OH is 2. The Morgan fingerprint density at radius 3 is 2.64 bits per heavy atom. The number of benzene rings is 3. The molecule has 0 saturated carbocycles. The highest BCUT2D eigenvalue weighted by molar-refractivity contribution is 8.76. The van der Waals surface area contributed by atoms with Crippen LogP contribution in [-0.4, -0.2) is 83.9 Å². The van der Waals surface area contributed by atoms with Gasteiger partial charge in [0.05, 0.1) is 18.8 Å². The van der Waals surface area contributed by atoms with Crippen LogP contribution >= 0.6 is 21.6 Å². The van der Waals surface area contributed by atoms with Gasteiger partial charge in [0.25, 0.3) is 0 Å². The Balaban J connectivity index is 1.34. The Hall–Kier alpha value is -4.06. The Morgan fingerprint density at radius 2 is 1.84 bits per heavy atom. The third-order valence-electron chi connectivity index (χ3n) is 11.2. The summed E-state index contributed by atoms with van der Waals surface area (Å²) in [5.74, 6) is 9.77. The number of rotatable bonds is 10. The van der Waals surface area contributed by atoms with Crippen molar-refractivity contribution in [1.29, 1.82) is 0 Å². The van der Waals surface area contributed by atoms with E-state index in [9.17, 15) is 20.1 Å². The van der Waals surface area contributed by atoms with Crippen LogP contribution < -0.4 is 30.6 Å². The van der Waals surface area contributed by atoms with Crippen molar-refractivity contribution in [1.82, 2.24) is 10.6 Å². The Kier molecular flexibility index (Phi) is 16.0. The number of nitrogens with zero attached hydrogens (tertiary/aromatic N) is 1. The summed E-state index contributed by atoms with van der Waals surface area (Å²) >= 11 is 0. The molecule has 1 aliphatic carbocycles. The number of ketones is 1. The predicted molar refractivity (Wildman–Crippen MR) is 233 cm³/mol. The predicted octanol–water partition coefficient (Wildman–Crippen LogP) is 5.56. The van der Waals surface area contributed by atoms with Gasteiger partial charge < -0.3 is 40.6 Å². The Labute approximate surface area is 350 Å². The summed E-state index contributed by atoms with van der Waals surface area (Å²) in [6.45, 7) is 5.72. The minimum atomic E-state index is -1.13. The van der Waals surface area contributed by atoms with Gasteiger partial charge in [0, 0.05) is 60.4 Å². The number of aryl methyl sites for hydroxylation is 3. The van der Waals surface area contributed by atoms with E-state index < -0.39 is 12.4 Å². The van der Waals surface area contributed by atoms with Gasteiger partial charge in [0.15, 0.2) is 29.0 Å². The van der Waals surface area contributed by atoms with Crippen LogP contribution in [0.25, 0.3) is 0 Å². The van der Waals surface area contributed by atoms with Crippen LogP contribution in [0, 0.1) is 29.6 Å². The molecule has 0 spiro atoms. The molecule has 2 heterocycles. The third kappa shape index (κ3) is 11.6. The first-order chi connectivity index (χ1) is 28.1. The number of carbonyl (C=O) groups is 1. The number of phenolic OH excluding ortho intramolecular Hbond substituents is 1. The summed E-state index contributed by atoms with van der Waals surface area (Å²) in [6.07, 6.45) is 2.18. The summed E-state index contributed by atoms with van der Waals surface area (Å²) in [7, 11) is 5.07. The molecule has 3 aliphatic rings. The molecule has 2 bridgehead atoms. The number of carbonyl (C=O) groups excluding carboxylic acids is 1. The van der Waals surface area contributed by atoms with Crippen LogP contribution in [0.2, 0.25) is 0 Å². The zero-order valence-electron chi connectivity index (χ0n) is 33.8. The number of guanidine groups is 1. The molecule has 312 valence electrons. The van der Waals surface area contributed by atoms with E-state index in [1.807, 2.05) is 18.2 Å². The average molecular weight is 831 g/mol. The smallest absolute Gasteiger partial charge is 0.201 e. The van der Waals surface area contributed by atoms with E-state index in [1.54, 1.807) is 33.7 Å². The fraction of sp³-hybridized carbons (Fsp3) is 0.511. The molecule has 3 aromatic carbocycles. The molecular weight excluding hydrogens is 773 g/mol. The second-order valence-corrected chi connectivity index (χ2v) is 18.3. The highest BCUT2D eigenvalue weighted by Crippen LogP contribution is 2.46. The van der Waals surface area contributed by atoms with Crippen molar-refractivity contribution >= 4 is 33.3 Å². The van der Waals surface area contributed by atoms with Gasteiger partial charge in [-0.25, -0.2) is 0 Å². The standard InChI is InChI=1S/C45H58N4O7S2/c1-28(2)39-26-58-57-25-33(24-48-45(46)49-39)38-23-37-31-15-18-35(51)22-34(50)17-14-30-16-19-40(52)42(54-3)36(30)13-7-12-32(21-31)41(43(37)56-44(38)53)55-27-47-20-8-11-29-9-5-4-6-10-29/h4-6,9-10,16,19,21,28,33,35,38-39,44,47,51-53H,8,11-12,14-15,17-18,20,22-27H2,1-3H3,(H3,46,48,49)/t33-,35-,38+,39-,44-/m1/s1. The lowest BCUT2D eigenvalue weighted by atomic mass is 9.81. The number of hydrogen-bond acceptors (Lipinski definition) is 13. The minimum Gasteiger partial charge on any atom is -0.504 e. The summed E-state index contributed by atoms with van der Waals surface area (Å²) in [5, 5.41) is 40.4. The minimum absolute atomic E-state index is 0.0301. The second kappa shape index (κ2) is 21.3. The summed E-state index contributed by atoms with van der Waals surface area (Å²) in [4.78, 5) is 17.8. The molecule has 13 heteroatoms. The molecular formula is C45H58N4O7S2. The molecule has 0 amide bonds. The van der Waals surface area contributed by atoms with Crippen molar-refractivity contribution < 1.29 is 34.3 Å². The maximum atomic E-state index is 13.1. The molecule has 0 saturated heterocycles. The number of Topliss-reactive ketones (excluding diaryl/α,β-unsaturated/α-hetero) is 1. The lowest BCUT2D eigenvalue weighted by Crippen LogP contribution is -2.45. The molecule has 11 nitrogen and oxygen atoms in total. The number of nitrogens with one attached hydrogen (secondary N) is 2. The highest BCUT2D eigenvalue weighted by atomic mass is 33.1. The molecule has 5 atom stereocenters. The lowest BCUT2D eigenvalue weighted by Gasteiger charge is -2.37. The van der Waals surface area contributed by atoms with Crippen LogP contribution in [0.5, 0.6) is 23.0 Å².